The number of carbonyl (C=O) groups excluding carboxylic acids is 1. The number of rotatable bonds is 2. The molecule has 1 N–H and O–H groups in total. The van der Waals surface area contributed by atoms with Gasteiger partial charge < -0.3 is 10.1 Å². The Hall–Kier alpha value is -4.16. The van der Waals surface area contributed by atoms with Gasteiger partial charge in [0.15, 0.2) is 6.10 Å². The number of hydrogen-bond donors (Lipinski definition) is 1. The Morgan fingerprint density at radius 3 is 2.52 bits per heavy atom. The second-order valence-corrected chi connectivity index (χ2v) is 6.45. The van der Waals surface area contributed by atoms with E-state index in [-0.39, 0.29) is 5.82 Å². The summed E-state index contributed by atoms with van der Waals surface area (Å²) in [5.41, 5.74) is 3.32. The van der Waals surface area contributed by atoms with Crippen LogP contribution in [0, 0.1) is 29.0 Å². The number of pyridine rings is 1. The van der Waals surface area contributed by atoms with Gasteiger partial charge in [0.05, 0.1) is 11.6 Å². The highest BCUT2D eigenvalue weighted by molar-refractivity contribution is 5.71. The molecule has 0 spiro atoms. The fraction of sp³-hybridized carbons (Fsp3) is 0.0870. The molecule has 1 amide bonds. The summed E-state index contributed by atoms with van der Waals surface area (Å²) in [7, 11) is 0. The van der Waals surface area contributed by atoms with Crippen LogP contribution in [-0.2, 0) is 4.74 Å². The molecule has 1 fully saturated rings. The molecular weight excluding hydrogens is 369 g/mol. The van der Waals surface area contributed by atoms with Crippen LogP contribution in [0.4, 0.5) is 9.18 Å². The first-order valence-corrected chi connectivity index (χ1v) is 8.82. The summed E-state index contributed by atoms with van der Waals surface area (Å²) in [4.78, 5) is 16.1. The summed E-state index contributed by atoms with van der Waals surface area (Å²) in [6.45, 7) is 0. The van der Waals surface area contributed by atoms with Crippen LogP contribution >= 0.6 is 0 Å². The predicted molar refractivity (Wildman–Crippen MR) is 103 cm³/mol. The van der Waals surface area contributed by atoms with Gasteiger partial charge in [-0.3, -0.25) is 4.98 Å². The van der Waals surface area contributed by atoms with E-state index in [1.807, 2.05) is 12.1 Å². The maximum absolute atomic E-state index is 13.2. The molecule has 2 aromatic carbocycles. The number of cyclic esters (lactones) is 1. The first-order chi connectivity index (χ1) is 14.1. The van der Waals surface area contributed by atoms with Gasteiger partial charge in [-0.05, 0) is 47.5 Å². The molecule has 3 aromatic rings. The highest BCUT2D eigenvalue weighted by atomic mass is 19.1. The Morgan fingerprint density at radius 1 is 0.966 bits per heavy atom. The van der Waals surface area contributed by atoms with E-state index in [2.05, 4.69) is 28.2 Å². The average molecular weight is 383 g/mol. The molecule has 0 aliphatic carbocycles. The van der Waals surface area contributed by atoms with Crippen molar-refractivity contribution in [2.24, 2.45) is 0 Å². The molecule has 140 valence electrons. The highest BCUT2D eigenvalue weighted by Gasteiger charge is 2.36. The second kappa shape index (κ2) is 7.84. The number of benzene rings is 2. The van der Waals surface area contributed by atoms with Crippen molar-refractivity contribution in [3.05, 3.63) is 101 Å². The van der Waals surface area contributed by atoms with Crippen molar-refractivity contribution in [2.45, 2.75) is 12.1 Å². The summed E-state index contributed by atoms with van der Waals surface area (Å²) < 4.78 is 18.6. The minimum atomic E-state index is -0.597. The van der Waals surface area contributed by atoms with Gasteiger partial charge in [-0.2, -0.15) is 5.26 Å². The fourth-order valence-corrected chi connectivity index (χ4v) is 3.10. The number of aromatic nitrogens is 1. The van der Waals surface area contributed by atoms with Crippen LogP contribution in [-0.4, -0.2) is 11.1 Å². The molecule has 1 aliphatic rings. The zero-order valence-electron chi connectivity index (χ0n) is 15.1. The molecule has 1 aliphatic heterocycles. The molecule has 0 unspecified atom stereocenters. The number of nitrogens with zero attached hydrogens (tertiary/aromatic N) is 2. The van der Waals surface area contributed by atoms with Gasteiger partial charge in [0.25, 0.3) is 0 Å². The van der Waals surface area contributed by atoms with Crippen molar-refractivity contribution < 1.29 is 13.9 Å². The molecule has 2 heterocycles. The van der Waals surface area contributed by atoms with E-state index in [4.69, 9.17) is 10.00 Å². The molecule has 6 heteroatoms. The maximum atomic E-state index is 13.2. The van der Waals surface area contributed by atoms with E-state index >= 15 is 0 Å². The molecule has 2 atom stereocenters. The number of halogens is 1. The molecule has 1 aromatic heterocycles. The molecular formula is C23H14FN3O2. The van der Waals surface area contributed by atoms with Crippen molar-refractivity contribution in [1.29, 1.82) is 5.26 Å². The lowest BCUT2D eigenvalue weighted by atomic mass is 9.97. The Balaban J connectivity index is 1.62. The lowest BCUT2D eigenvalue weighted by molar-refractivity contribution is 0.132. The number of carbonyl (C=O) groups is 1. The minimum absolute atomic E-state index is 0.359. The third kappa shape index (κ3) is 4.07. The quantitative estimate of drug-likeness (QED) is 0.679. The van der Waals surface area contributed by atoms with Crippen molar-refractivity contribution in [1.82, 2.24) is 10.3 Å². The molecule has 0 radical (unpaired) electrons. The Morgan fingerprint density at radius 2 is 1.72 bits per heavy atom. The third-order valence-corrected chi connectivity index (χ3v) is 4.47. The van der Waals surface area contributed by atoms with E-state index in [0.29, 0.717) is 16.7 Å². The summed E-state index contributed by atoms with van der Waals surface area (Å²) in [5.74, 6) is 5.68. The lowest BCUT2D eigenvalue weighted by Crippen LogP contribution is -2.19. The summed E-state index contributed by atoms with van der Waals surface area (Å²) in [6, 6.07) is 16.3. The molecule has 29 heavy (non-hydrogen) atoms. The lowest BCUT2D eigenvalue weighted by Gasteiger charge is -2.17. The minimum Gasteiger partial charge on any atom is -0.439 e. The van der Waals surface area contributed by atoms with Gasteiger partial charge in [-0.25, -0.2) is 9.18 Å². The first-order valence-electron chi connectivity index (χ1n) is 8.82. The number of nitriles is 1. The van der Waals surface area contributed by atoms with E-state index in [0.717, 1.165) is 11.1 Å². The van der Waals surface area contributed by atoms with Crippen LogP contribution in [0.1, 0.15) is 40.0 Å². The summed E-state index contributed by atoms with van der Waals surface area (Å²) in [5, 5.41) is 11.8. The Bertz CT molecular complexity index is 1170. The van der Waals surface area contributed by atoms with Crippen molar-refractivity contribution >= 4 is 6.09 Å². The molecule has 5 nitrogen and oxygen atoms in total. The van der Waals surface area contributed by atoms with E-state index in [1.54, 1.807) is 42.7 Å². The number of amides is 1. The zero-order chi connectivity index (χ0) is 20.2. The fourth-order valence-electron chi connectivity index (χ4n) is 3.10. The monoisotopic (exact) mass is 383 g/mol. The standard InChI is InChI=1S/C23H14FN3O2/c24-20-8-6-18(7-9-20)22-21(27-23(28)29-22)19-11-17(13-26-14-19)5-4-15-2-1-3-16(10-15)12-25/h1-3,6-11,13-14,21-22H,(H,27,28)/t21-,22-/m1/s1. The Labute approximate surface area is 166 Å². The van der Waals surface area contributed by atoms with Crippen LogP contribution < -0.4 is 5.32 Å². The van der Waals surface area contributed by atoms with Gasteiger partial charge in [0, 0.05) is 23.5 Å². The summed E-state index contributed by atoms with van der Waals surface area (Å²) >= 11 is 0. The predicted octanol–water partition coefficient (Wildman–Crippen LogP) is 4.01. The van der Waals surface area contributed by atoms with Crippen LogP contribution in [0.3, 0.4) is 0 Å². The molecule has 0 saturated carbocycles. The van der Waals surface area contributed by atoms with E-state index < -0.39 is 18.2 Å². The summed E-state index contributed by atoms with van der Waals surface area (Å²) in [6.07, 6.45) is 2.11. The average Bonchev–Trinajstić information content (AvgIpc) is 3.15. The first kappa shape index (κ1) is 18.2. The number of alkyl carbamates (subject to hydrolysis) is 1. The molecule has 0 bridgehead atoms. The number of hydrogen-bond acceptors (Lipinski definition) is 4. The Kier molecular flexibility index (Phi) is 4.92. The maximum Gasteiger partial charge on any atom is 0.408 e. The SMILES string of the molecule is N#Cc1cccc(C#Cc2cncc([C@H]3NC(=O)O[C@@H]3c3ccc(F)cc3)c2)c1. The van der Waals surface area contributed by atoms with Gasteiger partial charge in [-0.1, -0.05) is 30.0 Å². The van der Waals surface area contributed by atoms with Crippen molar-refractivity contribution in [3.8, 4) is 17.9 Å². The van der Waals surface area contributed by atoms with Crippen molar-refractivity contribution in [3.63, 3.8) is 0 Å². The van der Waals surface area contributed by atoms with Crippen LogP contribution in [0.5, 0.6) is 0 Å². The van der Waals surface area contributed by atoms with Crippen LogP contribution in [0.2, 0.25) is 0 Å². The zero-order valence-corrected chi connectivity index (χ0v) is 15.1. The highest BCUT2D eigenvalue weighted by Crippen LogP contribution is 2.36. The van der Waals surface area contributed by atoms with Gasteiger partial charge >= 0.3 is 6.09 Å². The largest absolute Gasteiger partial charge is 0.439 e. The van der Waals surface area contributed by atoms with Crippen molar-refractivity contribution in [2.75, 3.05) is 0 Å². The number of nitrogens with one attached hydrogen (secondary N) is 1. The number of ether oxygens (including phenoxy) is 1. The van der Waals surface area contributed by atoms with Gasteiger partial charge in [0.1, 0.15) is 11.9 Å². The van der Waals surface area contributed by atoms with E-state index in [1.165, 1.54) is 12.1 Å². The second-order valence-electron chi connectivity index (χ2n) is 6.45. The van der Waals surface area contributed by atoms with E-state index in [9.17, 15) is 9.18 Å². The third-order valence-electron chi connectivity index (χ3n) is 4.47. The molecule has 1 saturated heterocycles. The smallest absolute Gasteiger partial charge is 0.408 e. The normalized spacial score (nSPS) is 17.4. The van der Waals surface area contributed by atoms with Gasteiger partial charge in [-0.15, -0.1) is 0 Å². The van der Waals surface area contributed by atoms with Crippen LogP contribution in [0.15, 0.2) is 67.0 Å². The molecule has 4 rings (SSSR count). The topological polar surface area (TPSA) is 75.0 Å². The van der Waals surface area contributed by atoms with Crippen LogP contribution in [0.25, 0.3) is 0 Å². The van der Waals surface area contributed by atoms with Gasteiger partial charge in [0.2, 0.25) is 0 Å².